The molecule has 1 N–H and O–H groups in total. The van der Waals surface area contributed by atoms with Gasteiger partial charge in [-0.05, 0) is 18.2 Å². The summed E-state index contributed by atoms with van der Waals surface area (Å²) < 4.78 is 10.6. The second-order valence-electron chi connectivity index (χ2n) is 4.70. The quantitative estimate of drug-likeness (QED) is 0.749. The average Bonchev–Trinajstić information content (AvgIpc) is 2.52. The van der Waals surface area contributed by atoms with Crippen molar-refractivity contribution in [2.45, 2.75) is 6.10 Å². The van der Waals surface area contributed by atoms with E-state index in [-0.39, 0.29) is 0 Å². The zero-order valence-corrected chi connectivity index (χ0v) is 11.4. The Bertz CT molecular complexity index is 867. The molecule has 0 aliphatic carbocycles. The second kappa shape index (κ2) is 5.73. The van der Waals surface area contributed by atoms with Gasteiger partial charge in [0, 0.05) is 23.1 Å². The molecule has 0 fully saturated rings. The number of hydrogen-bond donors (Lipinski definition) is 1. The number of ether oxygens (including phenoxy) is 1. The lowest BCUT2D eigenvalue weighted by Crippen LogP contribution is -2.18. The third kappa shape index (κ3) is 2.83. The van der Waals surface area contributed by atoms with Crippen molar-refractivity contribution < 1.29 is 19.1 Å². The number of hydrogen-bond acceptors (Lipinski definition) is 4. The molecule has 1 atom stereocenters. The van der Waals surface area contributed by atoms with Gasteiger partial charge in [0.1, 0.15) is 11.3 Å². The van der Waals surface area contributed by atoms with Crippen molar-refractivity contribution in [2.75, 3.05) is 0 Å². The third-order valence-electron chi connectivity index (χ3n) is 3.18. The van der Waals surface area contributed by atoms with Crippen LogP contribution in [0.1, 0.15) is 11.7 Å². The maximum atomic E-state index is 11.4. The minimum absolute atomic E-state index is 0.318. The summed E-state index contributed by atoms with van der Waals surface area (Å²) in [6, 6.07) is 16.5. The van der Waals surface area contributed by atoms with Crippen LogP contribution < -0.4 is 10.4 Å². The van der Waals surface area contributed by atoms with Gasteiger partial charge in [-0.2, -0.15) is 0 Å². The van der Waals surface area contributed by atoms with Crippen LogP contribution in [0.2, 0.25) is 0 Å². The number of benzene rings is 2. The first-order valence-corrected chi connectivity index (χ1v) is 6.62. The summed E-state index contributed by atoms with van der Waals surface area (Å²) in [6.07, 6.45) is -1.13. The lowest BCUT2D eigenvalue weighted by atomic mass is 10.1. The SMILES string of the molecule is O=C(O)[C@H](Oc1ccc2ccc(=O)oc2c1)c1ccccc1. The topological polar surface area (TPSA) is 76.7 Å². The molecule has 0 unspecified atom stereocenters. The van der Waals surface area contributed by atoms with Crippen molar-refractivity contribution in [1.82, 2.24) is 0 Å². The minimum Gasteiger partial charge on any atom is -0.478 e. The standard InChI is InChI=1S/C17H12O5/c18-15-9-7-11-6-8-13(10-14(11)22-15)21-16(17(19)20)12-4-2-1-3-5-12/h1-10,16H,(H,19,20)/t16-/m1/s1. The van der Waals surface area contributed by atoms with Crippen LogP contribution in [0.5, 0.6) is 5.75 Å². The van der Waals surface area contributed by atoms with Crippen molar-refractivity contribution >= 4 is 16.9 Å². The molecule has 0 saturated heterocycles. The first kappa shape index (κ1) is 13.9. The zero-order chi connectivity index (χ0) is 15.5. The molecule has 2 aromatic carbocycles. The fourth-order valence-electron chi connectivity index (χ4n) is 2.14. The maximum absolute atomic E-state index is 11.4. The molecule has 0 saturated carbocycles. The highest BCUT2D eigenvalue weighted by Crippen LogP contribution is 2.25. The molecule has 0 bridgehead atoms. The fourth-order valence-corrected chi connectivity index (χ4v) is 2.14. The van der Waals surface area contributed by atoms with Crippen LogP contribution in [0.15, 0.2) is 69.9 Å². The van der Waals surface area contributed by atoms with E-state index in [1.54, 1.807) is 48.5 Å². The van der Waals surface area contributed by atoms with Gasteiger partial charge in [-0.3, -0.25) is 0 Å². The summed E-state index contributed by atoms with van der Waals surface area (Å²) >= 11 is 0. The van der Waals surface area contributed by atoms with Gasteiger partial charge in [-0.1, -0.05) is 30.3 Å². The molecular weight excluding hydrogens is 284 g/mol. The molecule has 0 radical (unpaired) electrons. The van der Waals surface area contributed by atoms with E-state index >= 15 is 0 Å². The Labute approximate surface area is 125 Å². The second-order valence-corrected chi connectivity index (χ2v) is 4.70. The highest BCUT2D eigenvalue weighted by atomic mass is 16.5. The van der Waals surface area contributed by atoms with Gasteiger partial charge >= 0.3 is 11.6 Å². The Kier molecular flexibility index (Phi) is 3.62. The molecule has 1 heterocycles. The van der Waals surface area contributed by atoms with Gasteiger partial charge in [0.05, 0.1) is 0 Å². The fraction of sp³-hybridized carbons (Fsp3) is 0.0588. The highest BCUT2D eigenvalue weighted by Gasteiger charge is 2.21. The molecule has 3 aromatic rings. The maximum Gasteiger partial charge on any atom is 0.349 e. The Balaban J connectivity index is 1.96. The average molecular weight is 296 g/mol. The van der Waals surface area contributed by atoms with Gasteiger partial charge in [0.2, 0.25) is 6.10 Å². The van der Waals surface area contributed by atoms with E-state index in [2.05, 4.69) is 0 Å². The minimum atomic E-state index is -1.13. The molecule has 0 amide bonds. The lowest BCUT2D eigenvalue weighted by molar-refractivity contribution is -0.145. The Morgan fingerprint density at radius 2 is 1.77 bits per heavy atom. The molecule has 0 aliphatic rings. The Hall–Kier alpha value is -3.08. The predicted molar refractivity (Wildman–Crippen MR) is 79.9 cm³/mol. The van der Waals surface area contributed by atoms with Crippen molar-refractivity contribution in [2.24, 2.45) is 0 Å². The molecule has 110 valence electrons. The van der Waals surface area contributed by atoms with Gasteiger partial charge in [0.15, 0.2) is 0 Å². The van der Waals surface area contributed by atoms with Gasteiger partial charge in [-0.15, -0.1) is 0 Å². The van der Waals surface area contributed by atoms with Crippen LogP contribution in [0.25, 0.3) is 11.0 Å². The molecule has 1 aromatic heterocycles. The summed E-state index contributed by atoms with van der Waals surface area (Å²) in [5.41, 5.74) is 0.411. The first-order chi connectivity index (χ1) is 10.6. The number of rotatable bonds is 4. The summed E-state index contributed by atoms with van der Waals surface area (Å²) in [5.74, 6) is -0.779. The van der Waals surface area contributed by atoms with Crippen LogP contribution in [-0.2, 0) is 4.79 Å². The Morgan fingerprint density at radius 1 is 1.05 bits per heavy atom. The van der Waals surface area contributed by atoms with Crippen molar-refractivity contribution in [3.05, 3.63) is 76.6 Å². The van der Waals surface area contributed by atoms with Crippen LogP contribution in [-0.4, -0.2) is 11.1 Å². The third-order valence-corrected chi connectivity index (χ3v) is 3.18. The van der Waals surface area contributed by atoms with Gasteiger partial charge in [-0.25, -0.2) is 9.59 Å². The van der Waals surface area contributed by atoms with Crippen molar-refractivity contribution in [3.63, 3.8) is 0 Å². The molecular formula is C17H12O5. The largest absolute Gasteiger partial charge is 0.478 e. The van der Waals surface area contributed by atoms with E-state index in [1.165, 1.54) is 12.1 Å². The summed E-state index contributed by atoms with van der Waals surface area (Å²) in [7, 11) is 0. The number of aliphatic carboxylic acids is 1. The Morgan fingerprint density at radius 3 is 2.50 bits per heavy atom. The van der Waals surface area contributed by atoms with Crippen LogP contribution >= 0.6 is 0 Å². The zero-order valence-electron chi connectivity index (χ0n) is 11.4. The van der Waals surface area contributed by atoms with E-state index in [9.17, 15) is 14.7 Å². The van der Waals surface area contributed by atoms with Crippen LogP contribution in [0.4, 0.5) is 0 Å². The molecule has 0 aliphatic heterocycles. The van der Waals surface area contributed by atoms with E-state index < -0.39 is 17.7 Å². The number of fused-ring (bicyclic) bond motifs is 1. The van der Waals surface area contributed by atoms with Gasteiger partial charge in [0.25, 0.3) is 0 Å². The highest BCUT2D eigenvalue weighted by molar-refractivity contribution is 5.78. The summed E-state index contributed by atoms with van der Waals surface area (Å²) in [5, 5.41) is 10.1. The molecule has 22 heavy (non-hydrogen) atoms. The summed E-state index contributed by atoms with van der Waals surface area (Å²) in [4.78, 5) is 22.7. The summed E-state index contributed by atoms with van der Waals surface area (Å²) in [6.45, 7) is 0. The van der Waals surface area contributed by atoms with E-state index in [1.807, 2.05) is 0 Å². The number of carboxylic acids is 1. The van der Waals surface area contributed by atoms with Crippen molar-refractivity contribution in [1.29, 1.82) is 0 Å². The smallest absolute Gasteiger partial charge is 0.349 e. The molecule has 5 heteroatoms. The predicted octanol–water partition coefficient (Wildman–Crippen LogP) is 3.00. The normalized spacial score (nSPS) is 12.0. The van der Waals surface area contributed by atoms with E-state index in [4.69, 9.17) is 9.15 Å². The lowest BCUT2D eigenvalue weighted by Gasteiger charge is -2.15. The number of carbonyl (C=O) groups is 1. The van der Waals surface area contributed by atoms with E-state index in [0.29, 0.717) is 16.9 Å². The number of carboxylic acid groups (broad SMARTS) is 1. The van der Waals surface area contributed by atoms with Crippen molar-refractivity contribution in [3.8, 4) is 5.75 Å². The molecule has 5 nitrogen and oxygen atoms in total. The molecule has 0 spiro atoms. The van der Waals surface area contributed by atoms with Crippen LogP contribution in [0, 0.1) is 0 Å². The monoisotopic (exact) mass is 296 g/mol. The van der Waals surface area contributed by atoms with E-state index in [0.717, 1.165) is 5.39 Å². The first-order valence-electron chi connectivity index (χ1n) is 6.62. The van der Waals surface area contributed by atoms with Gasteiger partial charge < -0.3 is 14.3 Å². The molecule has 3 rings (SSSR count). The van der Waals surface area contributed by atoms with Crippen LogP contribution in [0.3, 0.4) is 0 Å².